The minimum absolute atomic E-state index is 0.593. The van der Waals surface area contributed by atoms with Crippen LogP contribution in [-0.2, 0) is 13.2 Å². The first-order chi connectivity index (χ1) is 8.78. The third kappa shape index (κ3) is 3.82. The second-order valence-electron chi connectivity index (χ2n) is 4.06. The Hall–Kier alpha value is -1.39. The highest BCUT2D eigenvalue weighted by atomic mass is 32.1. The van der Waals surface area contributed by atoms with E-state index < -0.39 is 0 Å². The predicted molar refractivity (Wildman–Crippen MR) is 75.0 cm³/mol. The highest BCUT2D eigenvalue weighted by molar-refractivity contribution is 7.11. The Morgan fingerprint density at radius 3 is 3.00 bits per heavy atom. The Balaban J connectivity index is 1.92. The molecular weight excluding hydrogens is 244 g/mol. The van der Waals surface area contributed by atoms with Gasteiger partial charge in [0.15, 0.2) is 0 Å². The fourth-order valence-electron chi connectivity index (χ4n) is 1.64. The molecule has 4 heteroatoms. The normalized spacial score (nSPS) is 10.6. The molecule has 0 unspecified atom stereocenters. The fourth-order valence-corrected chi connectivity index (χ4v) is 2.35. The number of nitrogens with zero attached hydrogens (tertiary/aromatic N) is 1. The SMILES string of the molecule is CCNCc1cccc(OCc2cnc(C)s2)c1. The van der Waals surface area contributed by atoms with Crippen molar-refractivity contribution in [2.24, 2.45) is 0 Å². The Bertz CT molecular complexity index is 496. The van der Waals surface area contributed by atoms with Gasteiger partial charge < -0.3 is 10.1 Å². The summed E-state index contributed by atoms with van der Waals surface area (Å²) in [4.78, 5) is 5.37. The van der Waals surface area contributed by atoms with E-state index in [1.807, 2.05) is 25.3 Å². The van der Waals surface area contributed by atoms with Gasteiger partial charge in [-0.2, -0.15) is 0 Å². The monoisotopic (exact) mass is 262 g/mol. The molecule has 3 nitrogen and oxygen atoms in total. The molecule has 1 aromatic heterocycles. The van der Waals surface area contributed by atoms with Gasteiger partial charge in [-0.1, -0.05) is 19.1 Å². The number of aromatic nitrogens is 1. The van der Waals surface area contributed by atoms with Crippen LogP contribution in [0.1, 0.15) is 22.4 Å². The number of hydrogen-bond acceptors (Lipinski definition) is 4. The van der Waals surface area contributed by atoms with E-state index in [2.05, 4.69) is 29.4 Å². The molecule has 1 N–H and O–H groups in total. The van der Waals surface area contributed by atoms with Gasteiger partial charge in [0.05, 0.1) is 9.88 Å². The summed E-state index contributed by atoms with van der Waals surface area (Å²) in [6.07, 6.45) is 1.88. The average Bonchev–Trinajstić information content (AvgIpc) is 2.80. The summed E-state index contributed by atoms with van der Waals surface area (Å²) in [7, 11) is 0. The van der Waals surface area contributed by atoms with Gasteiger partial charge in [0.1, 0.15) is 12.4 Å². The molecule has 96 valence electrons. The second-order valence-corrected chi connectivity index (χ2v) is 5.38. The molecule has 0 atom stereocenters. The minimum Gasteiger partial charge on any atom is -0.488 e. The lowest BCUT2D eigenvalue weighted by Gasteiger charge is -2.07. The van der Waals surface area contributed by atoms with Crippen molar-refractivity contribution in [2.45, 2.75) is 27.0 Å². The molecular formula is C14H18N2OS. The molecule has 0 radical (unpaired) electrons. The van der Waals surface area contributed by atoms with E-state index in [0.29, 0.717) is 6.61 Å². The topological polar surface area (TPSA) is 34.1 Å². The predicted octanol–water partition coefficient (Wildman–Crippen LogP) is 3.14. The van der Waals surface area contributed by atoms with Crippen LogP contribution in [0.25, 0.3) is 0 Å². The van der Waals surface area contributed by atoms with Crippen molar-refractivity contribution in [1.82, 2.24) is 10.3 Å². The lowest BCUT2D eigenvalue weighted by atomic mass is 10.2. The van der Waals surface area contributed by atoms with E-state index in [1.165, 1.54) is 5.56 Å². The molecule has 0 spiro atoms. The molecule has 1 aromatic carbocycles. The molecule has 0 amide bonds. The number of nitrogens with one attached hydrogen (secondary N) is 1. The van der Waals surface area contributed by atoms with Crippen molar-refractivity contribution < 1.29 is 4.74 Å². The maximum absolute atomic E-state index is 5.77. The fraction of sp³-hybridized carbons (Fsp3) is 0.357. The number of aryl methyl sites for hydroxylation is 1. The van der Waals surface area contributed by atoms with E-state index >= 15 is 0 Å². The molecule has 0 saturated carbocycles. The zero-order chi connectivity index (χ0) is 12.8. The highest BCUT2D eigenvalue weighted by Gasteiger charge is 2.00. The maximum atomic E-state index is 5.77. The van der Waals surface area contributed by atoms with Crippen molar-refractivity contribution in [3.63, 3.8) is 0 Å². The first-order valence-electron chi connectivity index (χ1n) is 6.11. The van der Waals surface area contributed by atoms with Crippen LogP contribution in [0.15, 0.2) is 30.5 Å². The van der Waals surface area contributed by atoms with Crippen LogP contribution in [0, 0.1) is 6.92 Å². The van der Waals surface area contributed by atoms with Gasteiger partial charge in [-0.05, 0) is 31.2 Å². The zero-order valence-electron chi connectivity index (χ0n) is 10.8. The molecule has 0 fully saturated rings. The quantitative estimate of drug-likeness (QED) is 0.868. The van der Waals surface area contributed by atoms with Crippen LogP contribution in [0.2, 0.25) is 0 Å². The average molecular weight is 262 g/mol. The Morgan fingerprint density at radius 1 is 1.39 bits per heavy atom. The van der Waals surface area contributed by atoms with Crippen LogP contribution in [0.4, 0.5) is 0 Å². The van der Waals surface area contributed by atoms with Crippen molar-refractivity contribution in [2.75, 3.05) is 6.54 Å². The second kappa shape index (κ2) is 6.52. The van der Waals surface area contributed by atoms with Crippen LogP contribution < -0.4 is 10.1 Å². The number of ether oxygens (including phenoxy) is 1. The van der Waals surface area contributed by atoms with E-state index in [9.17, 15) is 0 Å². The van der Waals surface area contributed by atoms with Gasteiger partial charge in [-0.25, -0.2) is 4.98 Å². The van der Waals surface area contributed by atoms with Gasteiger partial charge in [0.25, 0.3) is 0 Å². The Labute approximate surface area is 112 Å². The first kappa shape index (κ1) is 13.1. The third-order valence-electron chi connectivity index (χ3n) is 2.53. The largest absolute Gasteiger partial charge is 0.488 e. The van der Waals surface area contributed by atoms with Gasteiger partial charge in [-0.15, -0.1) is 11.3 Å². The summed E-state index contributed by atoms with van der Waals surface area (Å²) in [6, 6.07) is 8.20. The number of benzene rings is 1. The lowest BCUT2D eigenvalue weighted by molar-refractivity contribution is 0.309. The van der Waals surface area contributed by atoms with Crippen molar-refractivity contribution in [3.8, 4) is 5.75 Å². The lowest BCUT2D eigenvalue weighted by Crippen LogP contribution is -2.11. The third-order valence-corrected chi connectivity index (χ3v) is 3.41. The maximum Gasteiger partial charge on any atom is 0.124 e. The molecule has 18 heavy (non-hydrogen) atoms. The molecule has 2 rings (SSSR count). The summed E-state index contributed by atoms with van der Waals surface area (Å²) in [6.45, 7) is 6.56. The zero-order valence-corrected chi connectivity index (χ0v) is 11.6. The Kier molecular flexibility index (Phi) is 4.73. The van der Waals surface area contributed by atoms with Crippen LogP contribution >= 0.6 is 11.3 Å². The molecule has 2 aromatic rings. The van der Waals surface area contributed by atoms with Crippen molar-refractivity contribution in [1.29, 1.82) is 0 Å². The minimum atomic E-state index is 0.593. The number of thiazole rings is 1. The van der Waals surface area contributed by atoms with Gasteiger partial charge in [0.2, 0.25) is 0 Å². The first-order valence-corrected chi connectivity index (χ1v) is 6.93. The molecule has 0 aliphatic heterocycles. The van der Waals surface area contributed by atoms with E-state index in [-0.39, 0.29) is 0 Å². The summed E-state index contributed by atoms with van der Waals surface area (Å²) >= 11 is 1.68. The van der Waals surface area contributed by atoms with Gasteiger partial charge in [0, 0.05) is 12.7 Å². The summed E-state index contributed by atoms with van der Waals surface area (Å²) in [5.74, 6) is 0.913. The van der Waals surface area contributed by atoms with Crippen LogP contribution in [-0.4, -0.2) is 11.5 Å². The highest BCUT2D eigenvalue weighted by Crippen LogP contribution is 2.17. The molecule has 1 heterocycles. The van der Waals surface area contributed by atoms with Crippen molar-refractivity contribution in [3.05, 3.63) is 45.9 Å². The molecule has 0 saturated heterocycles. The van der Waals surface area contributed by atoms with E-state index in [1.54, 1.807) is 11.3 Å². The molecule has 0 aliphatic rings. The van der Waals surface area contributed by atoms with E-state index in [0.717, 1.165) is 28.7 Å². The summed E-state index contributed by atoms with van der Waals surface area (Å²) in [5.41, 5.74) is 1.25. The Morgan fingerprint density at radius 2 is 2.28 bits per heavy atom. The molecule has 0 bridgehead atoms. The standard InChI is InChI=1S/C14H18N2OS/c1-3-15-8-12-5-4-6-13(7-12)17-10-14-9-16-11(2)18-14/h4-7,9,15H,3,8,10H2,1-2H3. The summed E-state index contributed by atoms with van der Waals surface area (Å²) < 4.78 is 5.77. The molecule has 0 aliphatic carbocycles. The number of hydrogen-bond donors (Lipinski definition) is 1. The van der Waals surface area contributed by atoms with Gasteiger partial charge >= 0.3 is 0 Å². The van der Waals surface area contributed by atoms with Crippen molar-refractivity contribution >= 4 is 11.3 Å². The van der Waals surface area contributed by atoms with E-state index in [4.69, 9.17) is 4.74 Å². The smallest absolute Gasteiger partial charge is 0.124 e. The van der Waals surface area contributed by atoms with Crippen LogP contribution in [0.5, 0.6) is 5.75 Å². The van der Waals surface area contributed by atoms with Gasteiger partial charge in [-0.3, -0.25) is 0 Å². The summed E-state index contributed by atoms with van der Waals surface area (Å²) in [5, 5.41) is 4.38. The number of rotatable bonds is 6. The van der Waals surface area contributed by atoms with Crippen LogP contribution in [0.3, 0.4) is 0 Å².